The number of anilines is 3. The number of furan rings is 1. The van der Waals surface area contributed by atoms with Gasteiger partial charge in [-0.3, -0.25) is 0 Å². The maximum atomic E-state index is 6.72. The summed E-state index contributed by atoms with van der Waals surface area (Å²) in [5.74, 6) is 0. The Morgan fingerprint density at radius 1 is 0.317 bits per heavy atom. The number of benzene rings is 11. The average Bonchev–Trinajstić information content (AvgIpc) is 3.90. The molecule has 13 rings (SSSR count). The van der Waals surface area contributed by atoms with Gasteiger partial charge < -0.3 is 13.9 Å². The minimum atomic E-state index is 0.863. The van der Waals surface area contributed by atoms with Crippen molar-refractivity contribution in [3.8, 4) is 27.9 Å². The smallest absolute Gasteiger partial charge is 0.143 e. The molecule has 0 atom stereocenters. The van der Waals surface area contributed by atoms with Gasteiger partial charge >= 0.3 is 0 Å². The van der Waals surface area contributed by atoms with Crippen LogP contribution in [0.5, 0.6) is 0 Å². The molecule has 2 heterocycles. The van der Waals surface area contributed by atoms with Crippen LogP contribution in [0.4, 0.5) is 17.1 Å². The Morgan fingerprint density at radius 2 is 0.889 bits per heavy atom. The zero-order valence-corrected chi connectivity index (χ0v) is 34.2. The first-order valence-electron chi connectivity index (χ1n) is 21.6. The van der Waals surface area contributed by atoms with E-state index in [0.717, 1.165) is 61.2 Å². The lowest BCUT2D eigenvalue weighted by Crippen LogP contribution is -2.09. The van der Waals surface area contributed by atoms with Gasteiger partial charge in [-0.05, 0) is 122 Å². The molecule has 0 radical (unpaired) electrons. The molecule has 13 aromatic rings. The second kappa shape index (κ2) is 14.1. The first kappa shape index (κ1) is 35.4. The van der Waals surface area contributed by atoms with Crippen molar-refractivity contribution in [2.24, 2.45) is 0 Å². The van der Waals surface area contributed by atoms with Crippen LogP contribution in [0.1, 0.15) is 0 Å². The molecular weight excluding hydrogens is 765 g/mol. The highest BCUT2D eigenvalue weighted by Gasteiger charge is 2.18. The Labute approximate surface area is 363 Å². The summed E-state index contributed by atoms with van der Waals surface area (Å²) in [5, 5.41) is 12.1. The van der Waals surface area contributed by atoms with Crippen LogP contribution >= 0.6 is 0 Å². The number of aromatic nitrogens is 1. The molecule has 0 unspecified atom stereocenters. The quantitative estimate of drug-likeness (QED) is 0.156. The summed E-state index contributed by atoms with van der Waals surface area (Å²) in [7, 11) is 0. The minimum absolute atomic E-state index is 0.863. The third-order valence-corrected chi connectivity index (χ3v) is 13.0. The fourth-order valence-corrected chi connectivity index (χ4v) is 9.99. The summed E-state index contributed by atoms with van der Waals surface area (Å²) in [6.45, 7) is 0. The van der Waals surface area contributed by atoms with Gasteiger partial charge in [0.25, 0.3) is 0 Å². The number of hydrogen-bond donors (Lipinski definition) is 0. The van der Waals surface area contributed by atoms with E-state index in [9.17, 15) is 0 Å². The third kappa shape index (κ3) is 5.67. The number of para-hydroxylation sites is 2. The van der Waals surface area contributed by atoms with E-state index in [1.54, 1.807) is 0 Å². The lowest BCUT2D eigenvalue weighted by atomic mass is 9.93. The van der Waals surface area contributed by atoms with Crippen molar-refractivity contribution in [2.45, 2.75) is 0 Å². The van der Waals surface area contributed by atoms with Gasteiger partial charge in [0.1, 0.15) is 11.2 Å². The molecule has 0 amide bonds. The van der Waals surface area contributed by atoms with E-state index in [0.29, 0.717) is 0 Å². The van der Waals surface area contributed by atoms with Crippen LogP contribution in [0.3, 0.4) is 0 Å². The van der Waals surface area contributed by atoms with E-state index in [1.807, 2.05) is 0 Å². The fourth-order valence-electron chi connectivity index (χ4n) is 9.99. The van der Waals surface area contributed by atoms with E-state index < -0.39 is 0 Å². The normalized spacial score (nSPS) is 11.8. The number of nitrogens with zero attached hydrogens (tertiary/aromatic N) is 2. The molecule has 0 fully saturated rings. The largest absolute Gasteiger partial charge is 0.455 e. The SMILES string of the molecule is c1cc(-c2ccc(N(c3ccc(-c4cc5ccccc5c5ccccc45)cc3)c3ccc4c(c3)oc3c5ccccc5ccc43)cc2)cc(-n2c3ccccc3c3ccccc32)c1. The van der Waals surface area contributed by atoms with Crippen LogP contribution in [0.15, 0.2) is 235 Å². The molecule has 0 spiro atoms. The highest BCUT2D eigenvalue weighted by Crippen LogP contribution is 2.42. The maximum Gasteiger partial charge on any atom is 0.143 e. The Morgan fingerprint density at radius 3 is 1.62 bits per heavy atom. The molecule has 0 aliphatic rings. The van der Waals surface area contributed by atoms with E-state index in [2.05, 4.69) is 240 Å². The van der Waals surface area contributed by atoms with Crippen LogP contribution in [0, 0.1) is 0 Å². The summed E-state index contributed by atoms with van der Waals surface area (Å²) in [6, 6.07) is 83.4. The van der Waals surface area contributed by atoms with Crippen molar-refractivity contribution in [1.82, 2.24) is 4.57 Å². The van der Waals surface area contributed by atoms with E-state index in [4.69, 9.17) is 4.42 Å². The summed E-state index contributed by atoms with van der Waals surface area (Å²) in [5.41, 5.74) is 13.2. The Hall–Kier alpha value is -8.40. The van der Waals surface area contributed by atoms with Gasteiger partial charge in [-0.2, -0.15) is 0 Å². The fraction of sp³-hybridized carbons (Fsp3) is 0. The standard InChI is InChI=1S/C60H38N2O/c1-4-17-49-40(12-1)28-34-55-54-35-33-47(38-59(54)63-60(49)55)61(45-31-26-41(27-32-45)56-37-43-13-2-3-16-48(43)50-18-5-6-19-51(50)56)44-29-24-39(25-30-44)42-14-11-15-46(36-42)62-57-22-9-7-20-52(57)53-21-8-10-23-58(53)62/h1-38H. The molecule has 11 aromatic carbocycles. The molecule has 0 aliphatic carbocycles. The summed E-state index contributed by atoms with van der Waals surface area (Å²) >= 11 is 0. The maximum absolute atomic E-state index is 6.72. The topological polar surface area (TPSA) is 21.3 Å². The molecule has 2 aromatic heterocycles. The lowest BCUT2D eigenvalue weighted by Gasteiger charge is -2.26. The van der Waals surface area contributed by atoms with Crippen LogP contribution in [0.2, 0.25) is 0 Å². The number of hydrogen-bond acceptors (Lipinski definition) is 2. The van der Waals surface area contributed by atoms with Gasteiger partial charge in [-0.25, -0.2) is 0 Å². The zero-order valence-electron chi connectivity index (χ0n) is 34.2. The predicted molar refractivity (Wildman–Crippen MR) is 266 cm³/mol. The molecule has 0 bridgehead atoms. The first-order valence-corrected chi connectivity index (χ1v) is 21.6. The Kier molecular flexibility index (Phi) is 7.91. The van der Waals surface area contributed by atoms with Gasteiger partial charge in [0.15, 0.2) is 0 Å². The second-order valence-electron chi connectivity index (χ2n) is 16.5. The summed E-state index contributed by atoms with van der Waals surface area (Å²) < 4.78 is 9.11. The molecule has 0 aliphatic heterocycles. The number of fused-ring (bicyclic) bond motifs is 11. The van der Waals surface area contributed by atoms with Gasteiger partial charge in [0.05, 0.1) is 11.0 Å². The number of rotatable bonds is 6. The Bertz CT molecular complexity index is 3860. The molecule has 0 saturated carbocycles. The third-order valence-electron chi connectivity index (χ3n) is 13.0. The molecular formula is C60H38N2O. The lowest BCUT2D eigenvalue weighted by molar-refractivity contribution is 0.672. The van der Waals surface area contributed by atoms with Crippen molar-refractivity contribution in [2.75, 3.05) is 4.90 Å². The van der Waals surface area contributed by atoms with Crippen LogP contribution in [0.25, 0.3) is 104 Å². The molecule has 0 N–H and O–H groups in total. The van der Waals surface area contributed by atoms with Crippen molar-refractivity contribution >= 4 is 93.1 Å². The van der Waals surface area contributed by atoms with Gasteiger partial charge in [0.2, 0.25) is 0 Å². The van der Waals surface area contributed by atoms with Gasteiger partial charge in [-0.15, -0.1) is 0 Å². The van der Waals surface area contributed by atoms with Gasteiger partial charge in [-0.1, -0.05) is 152 Å². The van der Waals surface area contributed by atoms with Crippen molar-refractivity contribution in [3.05, 3.63) is 231 Å². The van der Waals surface area contributed by atoms with Crippen LogP contribution in [-0.2, 0) is 0 Å². The van der Waals surface area contributed by atoms with Crippen molar-refractivity contribution in [1.29, 1.82) is 0 Å². The monoisotopic (exact) mass is 802 g/mol. The highest BCUT2D eigenvalue weighted by molar-refractivity contribution is 6.16. The first-order chi connectivity index (χ1) is 31.2. The molecule has 294 valence electrons. The molecule has 0 saturated heterocycles. The Balaban J connectivity index is 0.929. The minimum Gasteiger partial charge on any atom is -0.455 e. The average molecular weight is 803 g/mol. The predicted octanol–water partition coefficient (Wildman–Crippen LogP) is 16.9. The van der Waals surface area contributed by atoms with Gasteiger partial charge in [0, 0.05) is 55.7 Å². The van der Waals surface area contributed by atoms with Crippen LogP contribution < -0.4 is 4.90 Å². The highest BCUT2D eigenvalue weighted by atomic mass is 16.3. The zero-order chi connectivity index (χ0) is 41.4. The van der Waals surface area contributed by atoms with Crippen molar-refractivity contribution < 1.29 is 4.42 Å². The molecule has 3 nitrogen and oxygen atoms in total. The molecule has 63 heavy (non-hydrogen) atoms. The van der Waals surface area contributed by atoms with Crippen molar-refractivity contribution in [3.63, 3.8) is 0 Å². The van der Waals surface area contributed by atoms with E-state index in [-0.39, 0.29) is 0 Å². The molecule has 3 heteroatoms. The summed E-state index contributed by atoms with van der Waals surface area (Å²) in [4.78, 5) is 2.34. The summed E-state index contributed by atoms with van der Waals surface area (Å²) in [6.07, 6.45) is 0. The van der Waals surface area contributed by atoms with Crippen LogP contribution in [-0.4, -0.2) is 4.57 Å². The second-order valence-corrected chi connectivity index (χ2v) is 16.5. The van der Waals surface area contributed by atoms with E-state index >= 15 is 0 Å². The van der Waals surface area contributed by atoms with E-state index in [1.165, 1.54) is 59.9 Å².